The second kappa shape index (κ2) is 4.64. The van der Waals surface area contributed by atoms with E-state index >= 15 is 0 Å². The van der Waals surface area contributed by atoms with E-state index in [1.165, 1.54) is 0 Å². The van der Waals surface area contributed by atoms with Gasteiger partial charge in [0, 0.05) is 0 Å². The van der Waals surface area contributed by atoms with Gasteiger partial charge in [-0.05, 0) is 34.6 Å². The first-order valence-electron chi connectivity index (χ1n) is 4.29. The van der Waals surface area contributed by atoms with Crippen LogP contribution in [0.15, 0.2) is 0 Å². The van der Waals surface area contributed by atoms with Crippen LogP contribution in [-0.4, -0.2) is 29.6 Å². The summed E-state index contributed by atoms with van der Waals surface area (Å²) >= 11 is 5.56. The monoisotopic (exact) mass is 208 g/mol. The summed E-state index contributed by atoms with van der Waals surface area (Å²) in [6, 6.07) is 0. The SMILES string of the molecule is CC(Cl)OBOC(C)(C)C(C)(C)O. The molecule has 0 aromatic carbocycles. The fraction of sp³-hybridized carbons (Fsp3) is 1.00. The Morgan fingerprint density at radius 3 is 2.08 bits per heavy atom. The predicted molar refractivity (Wildman–Crippen MR) is 55.0 cm³/mol. The van der Waals surface area contributed by atoms with Crippen LogP contribution >= 0.6 is 11.6 Å². The van der Waals surface area contributed by atoms with E-state index in [1.54, 1.807) is 34.6 Å². The highest BCUT2D eigenvalue weighted by Gasteiger charge is 2.35. The molecule has 0 radical (unpaired) electrons. The highest BCUT2D eigenvalue weighted by atomic mass is 35.5. The second-order valence-corrected chi connectivity index (χ2v) is 4.66. The van der Waals surface area contributed by atoms with E-state index in [2.05, 4.69) is 0 Å². The van der Waals surface area contributed by atoms with Crippen molar-refractivity contribution in [3.8, 4) is 0 Å². The average molecular weight is 208 g/mol. The molecule has 0 saturated carbocycles. The van der Waals surface area contributed by atoms with Gasteiger partial charge < -0.3 is 14.4 Å². The number of halogens is 1. The maximum atomic E-state index is 9.70. The Morgan fingerprint density at radius 1 is 1.31 bits per heavy atom. The van der Waals surface area contributed by atoms with Gasteiger partial charge >= 0.3 is 7.69 Å². The smallest absolute Gasteiger partial charge is 0.406 e. The van der Waals surface area contributed by atoms with Crippen molar-refractivity contribution in [1.29, 1.82) is 0 Å². The molecule has 0 amide bonds. The van der Waals surface area contributed by atoms with E-state index in [-0.39, 0.29) is 13.2 Å². The van der Waals surface area contributed by atoms with Crippen molar-refractivity contribution in [3.63, 3.8) is 0 Å². The maximum Gasteiger partial charge on any atom is 0.439 e. The quantitative estimate of drug-likeness (QED) is 0.549. The van der Waals surface area contributed by atoms with Gasteiger partial charge in [-0.1, -0.05) is 11.6 Å². The molecule has 0 aliphatic heterocycles. The Bertz CT molecular complexity index is 154. The lowest BCUT2D eigenvalue weighted by Gasteiger charge is -2.37. The average Bonchev–Trinajstić information content (AvgIpc) is 1.82. The lowest BCUT2D eigenvalue weighted by atomic mass is 9.89. The third kappa shape index (κ3) is 4.86. The molecule has 1 unspecified atom stereocenters. The summed E-state index contributed by atoms with van der Waals surface area (Å²) in [6.45, 7) is 8.70. The van der Waals surface area contributed by atoms with E-state index < -0.39 is 11.2 Å². The molecule has 0 saturated heterocycles. The number of rotatable bonds is 5. The van der Waals surface area contributed by atoms with Crippen molar-refractivity contribution in [2.75, 3.05) is 0 Å². The van der Waals surface area contributed by atoms with Gasteiger partial charge in [0.05, 0.1) is 11.2 Å². The molecule has 0 heterocycles. The Labute approximate surface area is 85.7 Å². The molecule has 3 nitrogen and oxygen atoms in total. The standard InChI is InChI=1S/C8H18BClO3/c1-6(10)12-9-13-8(4,5)7(2,3)11/h6,9,11H,1-5H3. The molecule has 0 fully saturated rings. The van der Waals surface area contributed by atoms with E-state index in [0.717, 1.165) is 0 Å². The minimum absolute atomic E-state index is 0.0850. The molecule has 0 aliphatic carbocycles. The molecular weight excluding hydrogens is 190 g/mol. The molecule has 0 aliphatic rings. The first kappa shape index (κ1) is 13.2. The maximum absolute atomic E-state index is 9.70. The van der Waals surface area contributed by atoms with Crippen LogP contribution in [0.2, 0.25) is 0 Å². The highest BCUT2D eigenvalue weighted by Crippen LogP contribution is 2.24. The third-order valence-corrected chi connectivity index (χ3v) is 2.32. The fourth-order valence-corrected chi connectivity index (χ4v) is 0.503. The molecule has 5 heteroatoms. The van der Waals surface area contributed by atoms with Crippen LogP contribution in [0.1, 0.15) is 34.6 Å². The highest BCUT2D eigenvalue weighted by molar-refractivity contribution is 6.24. The van der Waals surface area contributed by atoms with Gasteiger partial charge in [-0.3, -0.25) is 0 Å². The number of hydrogen-bond donors (Lipinski definition) is 1. The van der Waals surface area contributed by atoms with Gasteiger partial charge in [0.1, 0.15) is 5.56 Å². The van der Waals surface area contributed by atoms with E-state index in [1.807, 2.05) is 0 Å². The largest absolute Gasteiger partial charge is 0.439 e. The predicted octanol–water partition coefficient (Wildman–Crippen LogP) is 1.42. The van der Waals surface area contributed by atoms with Gasteiger partial charge in [-0.2, -0.15) is 0 Å². The zero-order valence-corrected chi connectivity index (χ0v) is 9.68. The molecule has 0 aromatic heterocycles. The van der Waals surface area contributed by atoms with Crippen molar-refractivity contribution in [2.24, 2.45) is 0 Å². The van der Waals surface area contributed by atoms with Crippen LogP contribution in [-0.2, 0) is 9.31 Å². The molecule has 13 heavy (non-hydrogen) atoms. The molecule has 78 valence electrons. The third-order valence-electron chi connectivity index (χ3n) is 2.19. The Balaban J connectivity index is 3.90. The fourth-order valence-electron chi connectivity index (χ4n) is 0.452. The first-order chi connectivity index (χ1) is 5.67. The molecule has 0 bridgehead atoms. The van der Waals surface area contributed by atoms with E-state index in [0.29, 0.717) is 0 Å². The van der Waals surface area contributed by atoms with Crippen LogP contribution in [0, 0.1) is 0 Å². The zero-order chi connectivity index (χ0) is 10.7. The van der Waals surface area contributed by atoms with Crippen molar-refractivity contribution in [2.45, 2.75) is 51.4 Å². The summed E-state index contributed by atoms with van der Waals surface area (Å²) in [4.78, 5) is 0. The molecule has 1 atom stereocenters. The van der Waals surface area contributed by atoms with Crippen LogP contribution in [0.3, 0.4) is 0 Å². The van der Waals surface area contributed by atoms with Gasteiger partial charge in [-0.25, -0.2) is 0 Å². The zero-order valence-electron chi connectivity index (χ0n) is 8.93. The van der Waals surface area contributed by atoms with Crippen molar-refractivity contribution >= 4 is 19.3 Å². The van der Waals surface area contributed by atoms with Crippen LogP contribution in [0.5, 0.6) is 0 Å². The molecular formula is C8H18BClO3. The van der Waals surface area contributed by atoms with Crippen LogP contribution < -0.4 is 0 Å². The number of hydrogen-bond acceptors (Lipinski definition) is 3. The summed E-state index contributed by atoms with van der Waals surface area (Å²) in [5.74, 6) is 0. The second-order valence-electron chi connectivity index (χ2n) is 4.04. The summed E-state index contributed by atoms with van der Waals surface area (Å²) < 4.78 is 10.4. The summed E-state index contributed by atoms with van der Waals surface area (Å²) in [7, 11) is 0.0850. The van der Waals surface area contributed by atoms with Gasteiger partial charge in [-0.15, -0.1) is 0 Å². The van der Waals surface area contributed by atoms with E-state index in [9.17, 15) is 5.11 Å². The van der Waals surface area contributed by atoms with E-state index in [4.69, 9.17) is 20.9 Å². The normalized spacial score (nSPS) is 15.6. The van der Waals surface area contributed by atoms with Crippen LogP contribution in [0.4, 0.5) is 0 Å². The minimum atomic E-state index is -0.911. The Hall–Kier alpha value is 0.235. The topological polar surface area (TPSA) is 38.7 Å². The lowest BCUT2D eigenvalue weighted by Crippen LogP contribution is -2.48. The van der Waals surface area contributed by atoms with Crippen molar-refractivity contribution < 1.29 is 14.4 Å². The lowest BCUT2D eigenvalue weighted by molar-refractivity contribution is -0.0981. The Kier molecular flexibility index (Phi) is 4.73. The molecule has 1 N–H and O–H groups in total. The molecule has 0 spiro atoms. The van der Waals surface area contributed by atoms with Gasteiger partial charge in [0.2, 0.25) is 0 Å². The van der Waals surface area contributed by atoms with Crippen LogP contribution in [0.25, 0.3) is 0 Å². The summed E-state index contributed by atoms with van der Waals surface area (Å²) in [5, 5.41) is 9.70. The van der Waals surface area contributed by atoms with Crippen molar-refractivity contribution in [1.82, 2.24) is 0 Å². The van der Waals surface area contributed by atoms with Gasteiger partial charge in [0.15, 0.2) is 0 Å². The molecule has 0 aromatic rings. The number of alkyl halides is 1. The van der Waals surface area contributed by atoms with Gasteiger partial charge in [0.25, 0.3) is 0 Å². The Morgan fingerprint density at radius 2 is 1.77 bits per heavy atom. The summed E-state index contributed by atoms with van der Waals surface area (Å²) in [5.41, 5.74) is -1.94. The first-order valence-corrected chi connectivity index (χ1v) is 4.72. The molecule has 0 rings (SSSR count). The minimum Gasteiger partial charge on any atom is -0.406 e. The number of aliphatic hydroxyl groups is 1. The summed E-state index contributed by atoms with van der Waals surface area (Å²) in [6.07, 6.45) is 0. The van der Waals surface area contributed by atoms with Crippen molar-refractivity contribution in [3.05, 3.63) is 0 Å².